The third-order valence-corrected chi connectivity index (χ3v) is 14.4. The average molecular weight is 605 g/mol. The van der Waals surface area contributed by atoms with Crippen LogP contribution in [-0.4, -0.2) is 78.6 Å². The smallest absolute Gasteiger partial charge is 0.352 e. The van der Waals surface area contributed by atoms with Crippen molar-refractivity contribution in [3.8, 4) is 0 Å². The number of nitrogens with zero attached hydrogens (tertiary/aromatic N) is 1. The number of hydrogen-bond acceptors (Lipinski definition) is 7. The topological polar surface area (TPSA) is 147 Å². The predicted octanol–water partition coefficient (Wildman–Crippen LogP) is 3.12. The molecule has 9 nitrogen and oxygen atoms in total. The zero-order valence-corrected chi connectivity index (χ0v) is 26.1. The van der Waals surface area contributed by atoms with Crippen LogP contribution in [0.5, 0.6) is 0 Å². The second kappa shape index (κ2) is 10.8. The SMILES string of the molecule is CC1=C(C(=O)O)N2C(=O)C(NC(=O)CC[C@@H](C)[C@H]3CC[C@H]4C5C(C[C@H](O)[C@]34C)[C@@]3(C)CC[C@@H](O)C[C@H]3C[C@H]5O)C2SC1. The Labute approximate surface area is 252 Å². The minimum absolute atomic E-state index is 0.0360. The Morgan fingerprint density at radius 2 is 1.83 bits per heavy atom. The van der Waals surface area contributed by atoms with E-state index in [1.807, 2.05) is 0 Å². The zero-order chi connectivity index (χ0) is 30.3. The van der Waals surface area contributed by atoms with Crippen molar-refractivity contribution in [2.75, 3.05) is 5.75 Å². The molecule has 13 atom stereocenters. The van der Waals surface area contributed by atoms with Gasteiger partial charge in [0.1, 0.15) is 17.1 Å². The lowest BCUT2D eigenvalue weighted by Gasteiger charge is -2.63. The summed E-state index contributed by atoms with van der Waals surface area (Å²) >= 11 is 1.48. The Morgan fingerprint density at radius 1 is 1.10 bits per heavy atom. The number of carbonyl (C=O) groups excluding carboxylic acids is 2. The molecule has 0 spiro atoms. The first-order valence-electron chi connectivity index (χ1n) is 16.0. The number of rotatable bonds is 6. The molecule has 2 heterocycles. The number of nitrogens with one attached hydrogen (secondary N) is 1. The molecule has 6 aliphatic rings. The van der Waals surface area contributed by atoms with Gasteiger partial charge < -0.3 is 25.7 Å². The van der Waals surface area contributed by atoms with Crippen molar-refractivity contribution < 1.29 is 34.8 Å². The molecule has 6 rings (SSSR count). The summed E-state index contributed by atoms with van der Waals surface area (Å²) in [6.45, 7) is 8.45. The number of β-lactam (4-membered cyclic amide) rings is 1. The molecule has 4 saturated carbocycles. The number of carboxylic acids is 1. The molecule has 10 heteroatoms. The maximum Gasteiger partial charge on any atom is 0.352 e. The second-order valence-corrected chi connectivity index (χ2v) is 16.0. The van der Waals surface area contributed by atoms with E-state index in [1.165, 1.54) is 16.7 Å². The van der Waals surface area contributed by atoms with Crippen LogP contribution < -0.4 is 5.32 Å². The van der Waals surface area contributed by atoms with Crippen LogP contribution in [0.3, 0.4) is 0 Å². The molecule has 0 aromatic carbocycles. The molecule has 5 N–H and O–H groups in total. The number of carbonyl (C=O) groups is 3. The quantitative estimate of drug-likeness (QED) is 0.291. The number of aliphatic carboxylic acids is 1. The molecule has 2 amide bonds. The number of aliphatic hydroxyl groups excluding tert-OH is 3. The Balaban J connectivity index is 1.09. The first-order valence-corrected chi connectivity index (χ1v) is 17.0. The molecule has 1 saturated heterocycles. The van der Waals surface area contributed by atoms with Crippen LogP contribution in [0.15, 0.2) is 11.3 Å². The van der Waals surface area contributed by atoms with E-state index >= 15 is 0 Å². The van der Waals surface area contributed by atoms with Crippen LogP contribution >= 0.6 is 11.8 Å². The Bertz CT molecular complexity index is 1180. The predicted molar refractivity (Wildman–Crippen MR) is 158 cm³/mol. The van der Waals surface area contributed by atoms with E-state index in [1.54, 1.807) is 6.92 Å². The van der Waals surface area contributed by atoms with Gasteiger partial charge in [-0.2, -0.15) is 0 Å². The number of carboxylic acid groups (broad SMARTS) is 1. The third-order valence-electron chi connectivity index (χ3n) is 13.0. The highest BCUT2D eigenvalue weighted by atomic mass is 32.2. The van der Waals surface area contributed by atoms with Gasteiger partial charge in [-0.05, 0) is 110 Å². The number of aliphatic hydroxyl groups is 3. The van der Waals surface area contributed by atoms with Crippen molar-refractivity contribution in [2.45, 2.75) is 115 Å². The number of amides is 2. The van der Waals surface area contributed by atoms with Crippen LogP contribution in [0.1, 0.15) is 85.5 Å². The molecule has 0 aromatic rings. The maximum atomic E-state index is 13.0. The van der Waals surface area contributed by atoms with Gasteiger partial charge >= 0.3 is 5.97 Å². The molecule has 0 aromatic heterocycles. The lowest BCUT2D eigenvalue weighted by atomic mass is 9.43. The van der Waals surface area contributed by atoms with Crippen molar-refractivity contribution in [3.63, 3.8) is 0 Å². The molecule has 4 aliphatic carbocycles. The summed E-state index contributed by atoms with van der Waals surface area (Å²) in [5.41, 5.74) is 0.407. The molecule has 2 aliphatic heterocycles. The van der Waals surface area contributed by atoms with Gasteiger partial charge in [0.05, 0.1) is 18.3 Å². The van der Waals surface area contributed by atoms with Crippen molar-refractivity contribution in [3.05, 3.63) is 11.3 Å². The lowest BCUT2D eigenvalue weighted by molar-refractivity contribution is -0.207. The summed E-state index contributed by atoms with van der Waals surface area (Å²) in [5.74, 6) is 0.187. The Morgan fingerprint density at radius 3 is 2.55 bits per heavy atom. The van der Waals surface area contributed by atoms with Crippen molar-refractivity contribution in [1.82, 2.24) is 10.2 Å². The monoisotopic (exact) mass is 604 g/mol. The van der Waals surface area contributed by atoms with Crippen LogP contribution in [0.25, 0.3) is 0 Å². The molecular formula is C32H48N2O7S. The van der Waals surface area contributed by atoms with Gasteiger partial charge in [-0.25, -0.2) is 4.79 Å². The van der Waals surface area contributed by atoms with Gasteiger partial charge in [-0.1, -0.05) is 20.8 Å². The lowest BCUT2D eigenvalue weighted by Crippen LogP contribution is -2.70. The molecule has 234 valence electrons. The summed E-state index contributed by atoms with van der Waals surface area (Å²) in [6.07, 6.45) is 5.60. The maximum absolute atomic E-state index is 13.0. The van der Waals surface area contributed by atoms with Crippen LogP contribution in [0.4, 0.5) is 0 Å². The molecule has 0 radical (unpaired) electrons. The van der Waals surface area contributed by atoms with E-state index in [9.17, 15) is 34.8 Å². The number of thioether (sulfide) groups is 1. The summed E-state index contributed by atoms with van der Waals surface area (Å²) in [5, 5.41) is 45.7. The average Bonchev–Trinajstić information content (AvgIpc) is 3.30. The summed E-state index contributed by atoms with van der Waals surface area (Å²) in [6, 6.07) is -0.704. The number of hydrogen-bond donors (Lipinski definition) is 5. The van der Waals surface area contributed by atoms with E-state index in [4.69, 9.17) is 0 Å². The van der Waals surface area contributed by atoms with E-state index in [2.05, 4.69) is 26.1 Å². The largest absolute Gasteiger partial charge is 0.477 e. The molecular weight excluding hydrogens is 556 g/mol. The second-order valence-electron chi connectivity index (χ2n) is 14.9. The fourth-order valence-electron chi connectivity index (χ4n) is 10.7. The highest BCUT2D eigenvalue weighted by Gasteiger charge is 2.65. The van der Waals surface area contributed by atoms with Crippen molar-refractivity contribution in [2.24, 2.45) is 46.3 Å². The molecule has 4 unspecified atom stereocenters. The van der Waals surface area contributed by atoms with Crippen molar-refractivity contribution >= 4 is 29.5 Å². The highest BCUT2D eigenvalue weighted by Crippen LogP contribution is 2.68. The Hall–Kier alpha value is -1.62. The molecule has 0 bridgehead atoms. The standard InChI is InChI=1S/C32H48N2O7S/c1-15(5-8-24(38)33-26-28(39)34-27(30(40)41)16(2)14-42-29(26)34)19-6-7-20-25-21(13-23(37)32(19,20)4)31(3)10-9-18(35)11-17(31)12-22(25)36/h15,17-23,25-26,29,35-37H,5-14H2,1-4H3,(H,33,38)(H,40,41)/t15-,17+,18-,19-,20+,21?,22-,23+,25?,26?,29?,31+,32-/m1/s1. The minimum atomic E-state index is -1.11. The minimum Gasteiger partial charge on any atom is -0.477 e. The van der Waals surface area contributed by atoms with Gasteiger partial charge in [0, 0.05) is 12.2 Å². The van der Waals surface area contributed by atoms with Gasteiger partial charge in [0.25, 0.3) is 5.91 Å². The fraction of sp³-hybridized carbons (Fsp3) is 0.844. The van der Waals surface area contributed by atoms with Crippen LogP contribution in [-0.2, 0) is 14.4 Å². The van der Waals surface area contributed by atoms with Crippen molar-refractivity contribution in [1.29, 1.82) is 0 Å². The summed E-state index contributed by atoms with van der Waals surface area (Å²) < 4.78 is 0. The highest BCUT2D eigenvalue weighted by molar-refractivity contribution is 8.00. The van der Waals surface area contributed by atoms with E-state index in [0.717, 1.165) is 38.5 Å². The van der Waals surface area contributed by atoms with E-state index in [0.29, 0.717) is 30.1 Å². The van der Waals surface area contributed by atoms with Gasteiger partial charge in [-0.3, -0.25) is 14.5 Å². The van der Waals surface area contributed by atoms with Crippen LogP contribution in [0.2, 0.25) is 0 Å². The normalized spacial score (nSPS) is 47.0. The summed E-state index contributed by atoms with van der Waals surface area (Å²) in [4.78, 5) is 38.8. The molecule has 5 fully saturated rings. The molecule has 42 heavy (non-hydrogen) atoms. The van der Waals surface area contributed by atoms with Gasteiger partial charge in [0.15, 0.2) is 0 Å². The first kappa shape index (κ1) is 30.4. The summed E-state index contributed by atoms with van der Waals surface area (Å²) in [7, 11) is 0. The third kappa shape index (κ3) is 4.48. The number of fused-ring (bicyclic) bond motifs is 6. The Kier molecular flexibility index (Phi) is 7.80. The fourth-order valence-corrected chi connectivity index (χ4v) is 12.0. The van der Waals surface area contributed by atoms with Gasteiger partial charge in [-0.15, -0.1) is 11.8 Å². The van der Waals surface area contributed by atoms with Crippen LogP contribution in [0, 0.1) is 46.3 Å². The van der Waals surface area contributed by atoms with E-state index in [-0.39, 0.29) is 75.8 Å². The van der Waals surface area contributed by atoms with E-state index < -0.39 is 24.2 Å². The first-order chi connectivity index (χ1) is 19.8. The zero-order valence-electron chi connectivity index (χ0n) is 25.3. The van der Waals surface area contributed by atoms with Gasteiger partial charge in [0.2, 0.25) is 5.91 Å².